The molecule has 4 saturated heterocycles. The van der Waals surface area contributed by atoms with Crippen LogP contribution in [-0.4, -0.2) is 89.3 Å². The van der Waals surface area contributed by atoms with E-state index >= 15 is 0 Å². The molecule has 0 radical (unpaired) electrons. The molecule has 5 heterocycles. The summed E-state index contributed by atoms with van der Waals surface area (Å²) in [5, 5.41) is 24.4. The number of nitrogens with zero attached hydrogens (tertiary/aromatic N) is 4. The van der Waals surface area contributed by atoms with Gasteiger partial charge in [0.15, 0.2) is 11.5 Å². The zero-order valence-electron chi connectivity index (χ0n) is 28.5. The number of phenolic OH excluding ortho intramolecular Hbond substituents is 2. The molecule has 1 spiro atoms. The van der Waals surface area contributed by atoms with Gasteiger partial charge in [-0.3, -0.25) is 9.78 Å². The number of phenols is 2. The second-order valence-corrected chi connectivity index (χ2v) is 15.0. The molecule has 4 aliphatic heterocycles. The number of anilines is 1. The highest BCUT2D eigenvalue weighted by Crippen LogP contribution is 2.41. The van der Waals surface area contributed by atoms with Crippen LogP contribution in [0.3, 0.4) is 0 Å². The number of amides is 1. The van der Waals surface area contributed by atoms with E-state index in [1.165, 1.54) is 55.8 Å². The van der Waals surface area contributed by atoms with Crippen LogP contribution in [-0.2, 0) is 6.42 Å². The monoisotopic (exact) mass is 659 g/mol. The number of rotatable bonds is 7. The molecule has 1 amide bonds. The summed E-state index contributed by atoms with van der Waals surface area (Å²) in [7, 11) is 0. The average Bonchev–Trinajstić information content (AvgIpc) is 3.83. The van der Waals surface area contributed by atoms with Crippen molar-refractivity contribution in [2.24, 2.45) is 5.41 Å². The number of piperidine rings is 2. The van der Waals surface area contributed by atoms with Gasteiger partial charge in [0.25, 0.3) is 5.91 Å². The van der Waals surface area contributed by atoms with Gasteiger partial charge in [-0.2, -0.15) is 0 Å². The van der Waals surface area contributed by atoms with E-state index in [0.717, 1.165) is 92.9 Å². The fraction of sp³-hybridized carbons (Fsp3) is 0.463. The first-order valence-corrected chi connectivity index (χ1v) is 18.5. The zero-order valence-corrected chi connectivity index (χ0v) is 28.5. The maximum atomic E-state index is 14.5. The van der Waals surface area contributed by atoms with Crippen LogP contribution in [0.2, 0.25) is 0 Å². The van der Waals surface area contributed by atoms with Crippen molar-refractivity contribution in [2.45, 2.75) is 63.8 Å². The minimum Gasteiger partial charge on any atom is -0.504 e. The number of hydrogen-bond acceptors (Lipinski definition) is 7. The maximum Gasteiger partial charge on any atom is 0.254 e. The van der Waals surface area contributed by atoms with Gasteiger partial charge in [-0.15, -0.1) is 0 Å². The van der Waals surface area contributed by atoms with E-state index in [2.05, 4.69) is 44.3 Å². The number of carbonyl (C=O) groups is 1. The Hall–Kier alpha value is -4.14. The molecule has 8 rings (SSSR count). The van der Waals surface area contributed by atoms with E-state index in [4.69, 9.17) is 4.98 Å². The molecule has 0 bridgehead atoms. The number of pyridine rings is 1. The molecule has 0 aliphatic carbocycles. The molecule has 3 aromatic carbocycles. The van der Waals surface area contributed by atoms with Gasteiger partial charge >= 0.3 is 0 Å². The molecule has 4 fully saturated rings. The third-order valence-corrected chi connectivity index (χ3v) is 11.9. The first-order chi connectivity index (χ1) is 23.9. The number of aromatic nitrogens is 1. The molecule has 8 nitrogen and oxygen atoms in total. The van der Waals surface area contributed by atoms with E-state index in [1.807, 2.05) is 24.3 Å². The molecule has 4 aliphatic rings. The van der Waals surface area contributed by atoms with Crippen molar-refractivity contribution in [1.29, 1.82) is 0 Å². The maximum absolute atomic E-state index is 14.5. The molecular formula is C41H49N5O3. The summed E-state index contributed by atoms with van der Waals surface area (Å²) >= 11 is 0. The fourth-order valence-electron chi connectivity index (χ4n) is 8.87. The zero-order chi connectivity index (χ0) is 33.4. The highest BCUT2D eigenvalue weighted by atomic mass is 16.3. The lowest BCUT2D eigenvalue weighted by atomic mass is 9.71. The lowest BCUT2D eigenvalue weighted by molar-refractivity contribution is 0.0710. The van der Waals surface area contributed by atoms with Crippen molar-refractivity contribution in [1.82, 2.24) is 20.1 Å². The average molecular weight is 660 g/mol. The summed E-state index contributed by atoms with van der Waals surface area (Å²) in [6, 6.07) is 22.0. The molecule has 1 unspecified atom stereocenters. The molecule has 4 aromatic rings. The molecular weight excluding hydrogens is 610 g/mol. The Kier molecular flexibility index (Phi) is 8.93. The second-order valence-electron chi connectivity index (χ2n) is 15.0. The van der Waals surface area contributed by atoms with Gasteiger partial charge in [0.2, 0.25) is 0 Å². The largest absolute Gasteiger partial charge is 0.504 e. The third kappa shape index (κ3) is 6.73. The van der Waals surface area contributed by atoms with Crippen LogP contribution in [0.1, 0.15) is 73.0 Å². The summed E-state index contributed by atoms with van der Waals surface area (Å²) in [4.78, 5) is 26.8. The summed E-state index contributed by atoms with van der Waals surface area (Å²) in [5.74, 6) is -0.242. The minimum atomic E-state index is -0.166. The molecule has 0 saturated carbocycles. The van der Waals surface area contributed by atoms with Gasteiger partial charge < -0.3 is 30.2 Å². The van der Waals surface area contributed by atoms with Crippen molar-refractivity contribution in [3.8, 4) is 22.6 Å². The Labute approximate surface area is 289 Å². The number of likely N-dealkylation sites (tertiary alicyclic amines) is 2. The summed E-state index contributed by atoms with van der Waals surface area (Å²) in [6.07, 6.45) is 10.4. The quantitative estimate of drug-likeness (QED) is 0.193. The second kappa shape index (κ2) is 13.6. The van der Waals surface area contributed by atoms with E-state index in [9.17, 15) is 15.0 Å². The van der Waals surface area contributed by atoms with Crippen molar-refractivity contribution >= 4 is 22.5 Å². The van der Waals surface area contributed by atoms with Gasteiger partial charge in [-0.1, -0.05) is 24.3 Å². The van der Waals surface area contributed by atoms with Crippen molar-refractivity contribution in [2.75, 3.05) is 57.3 Å². The van der Waals surface area contributed by atoms with E-state index < -0.39 is 0 Å². The SMILES string of the molecule is O=C(c1cc(Cc2ccc(N3CCC4(CCNCC4)CC3)cc2)nc2ccc(-c3ccc(O)c(O)c3)cc12)N1CCCC1CN1CCCC1. The first-order valence-electron chi connectivity index (χ1n) is 18.5. The number of nitrogens with one attached hydrogen (secondary N) is 1. The summed E-state index contributed by atoms with van der Waals surface area (Å²) in [5.41, 5.74) is 7.02. The lowest BCUT2D eigenvalue weighted by Gasteiger charge is -2.45. The number of hydrogen-bond donors (Lipinski definition) is 3. The summed E-state index contributed by atoms with van der Waals surface area (Å²) < 4.78 is 0. The minimum absolute atomic E-state index is 0.0769. The Morgan fingerprint density at radius 3 is 2.29 bits per heavy atom. The van der Waals surface area contributed by atoms with Crippen molar-refractivity contribution in [3.05, 3.63) is 83.6 Å². The number of aromatic hydroxyl groups is 2. The molecule has 1 aromatic heterocycles. The van der Waals surface area contributed by atoms with E-state index in [0.29, 0.717) is 17.4 Å². The topological polar surface area (TPSA) is 92.2 Å². The Morgan fingerprint density at radius 1 is 0.796 bits per heavy atom. The fourth-order valence-corrected chi connectivity index (χ4v) is 8.87. The van der Waals surface area contributed by atoms with E-state index in [1.54, 1.807) is 12.1 Å². The van der Waals surface area contributed by atoms with Gasteiger partial charge in [0.05, 0.1) is 11.1 Å². The van der Waals surface area contributed by atoms with E-state index in [-0.39, 0.29) is 23.4 Å². The smallest absolute Gasteiger partial charge is 0.254 e. The normalized spacial score (nSPS) is 21.2. The van der Waals surface area contributed by atoms with Crippen LogP contribution >= 0.6 is 0 Å². The van der Waals surface area contributed by atoms with Crippen LogP contribution in [0, 0.1) is 5.41 Å². The summed E-state index contributed by atoms with van der Waals surface area (Å²) in [6.45, 7) is 8.53. The Morgan fingerprint density at radius 2 is 1.53 bits per heavy atom. The van der Waals surface area contributed by atoms with Crippen molar-refractivity contribution < 1.29 is 15.0 Å². The highest BCUT2D eigenvalue weighted by molar-refractivity contribution is 6.07. The van der Waals surface area contributed by atoms with Gasteiger partial charge in [-0.05, 0) is 142 Å². The predicted octanol–water partition coefficient (Wildman–Crippen LogP) is 6.57. The van der Waals surface area contributed by atoms with Crippen LogP contribution in [0.15, 0.2) is 66.7 Å². The van der Waals surface area contributed by atoms with Gasteiger partial charge in [0.1, 0.15) is 0 Å². The number of fused-ring (bicyclic) bond motifs is 1. The van der Waals surface area contributed by atoms with Crippen LogP contribution in [0.25, 0.3) is 22.0 Å². The molecule has 256 valence electrons. The van der Waals surface area contributed by atoms with Crippen LogP contribution < -0.4 is 10.2 Å². The number of carbonyl (C=O) groups excluding carboxylic acids is 1. The first kappa shape index (κ1) is 32.1. The van der Waals surface area contributed by atoms with Crippen molar-refractivity contribution in [3.63, 3.8) is 0 Å². The van der Waals surface area contributed by atoms with Crippen LogP contribution in [0.5, 0.6) is 11.5 Å². The predicted molar refractivity (Wildman–Crippen MR) is 195 cm³/mol. The van der Waals surface area contributed by atoms with Gasteiger partial charge in [-0.25, -0.2) is 0 Å². The molecule has 1 atom stereocenters. The lowest BCUT2D eigenvalue weighted by Crippen LogP contribution is -2.45. The van der Waals surface area contributed by atoms with Crippen LogP contribution in [0.4, 0.5) is 5.69 Å². The molecule has 3 N–H and O–H groups in total. The highest BCUT2D eigenvalue weighted by Gasteiger charge is 2.36. The molecule has 8 heteroatoms. The third-order valence-electron chi connectivity index (χ3n) is 11.9. The molecule has 49 heavy (non-hydrogen) atoms. The number of benzene rings is 3. The standard InChI is InChI=1S/C41H49N5O3/c47-38-12-8-31(26-39(38)48)30-7-11-37-35(25-30)36(40(49)46-21-3-4-34(46)28-44-19-1-2-20-44)27-32(43-37)24-29-5-9-33(10-6-29)45-22-15-41(16-23-45)13-17-42-18-14-41/h5-12,25-27,34,42,47-48H,1-4,13-24,28H2. The Bertz CT molecular complexity index is 1800. The Balaban J connectivity index is 1.07. The van der Waals surface area contributed by atoms with Gasteiger partial charge in [0, 0.05) is 55.4 Å².